The standard InChI is InChI=1S/C24H29N3O2/c1-18-15-19-7-3-5-9-22(19)27(18)17-24(28)25-21-11-13-26(14-12-21)16-20-8-4-6-10-23(20)29-2/h3-10,15,21H,11-14,16-17H2,1-2H3,(H,25,28). The van der Waals surface area contributed by atoms with Gasteiger partial charge in [-0.15, -0.1) is 0 Å². The number of hydrogen-bond donors (Lipinski definition) is 1. The third-order valence-corrected chi connectivity index (χ3v) is 5.86. The number of fused-ring (bicyclic) bond motifs is 1. The summed E-state index contributed by atoms with van der Waals surface area (Å²) in [6, 6.07) is 18.8. The fourth-order valence-corrected chi connectivity index (χ4v) is 4.29. The minimum absolute atomic E-state index is 0.0950. The molecule has 0 aliphatic carbocycles. The molecule has 29 heavy (non-hydrogen) atoms. The van der Waals surface area contributed by atoms with Crippen LogP contribution in [0.5, 0.6) is 5.75 Å². The molecule has 1 aliphatic heterocycles. The second-order valence-electron chi connectivity index (χ2n) is 7.86. The number of aryl methyl sites for hydroxylation is 1. The van der Waals surface area contributed by atoms with Gasteiger partial charge in [-0.25, -0.2) is 0 Å². The van der Waals surface area contributed by atoms with Crippen LogP contribution in [0.4, 0.5) is 0 Å². The Labute approximate surface area is 172 Å². The van der Waals surface area contributed by atoms with Gasteiger partial charge in [0.25, 0.3) is 0 Å². The number of methoxy groups -OCH3 is 1. The second-order valence-corrected chi connectivity index (χ2v) is 7.86. The molecule has 0 unspecified atom stereocenters. The molecule has 5 nitrogen and oxygen atoms in total. The maximum Gasteiger partial charge on any atom is 0.240 e. The summed E-state index contributed by atoms with van der Waals surface area (Å²) in [4.78, 5) is 15.1. The van der Waals surface area contributed by atoms with E-state index in [1.807, 2.05) is 24.3 Å². The van der Waals surface area contributed by atoms with Gasteiger partial charge in [-0.3, -0.25) is 9.69 Å². The number of hydrogen-bond acceptors (Lipinski definition) is 3. The number of nitrogens with zero attached hydrogens (tertiary/aromatic N) is 2. The summed E-state index contributed by atoms with van der Waals surface area (Å²) in [6.07, 6.45) is 1.96. The average molecular weight is 392 g/mol. The highest BCUT2D eigenvalue weighted by Gasteiger charge is 2.22. The molecule has 5 heteroatoms. The highest BCUT2D eigenvalue weighted by molar-refractivity contribution is 5.84. The van der Waals surface area contributed by atoms with Crippen LogP contribution in [-0.4, -0.2) is 41.6 Å². The summed E-state index contributed by atoms with van der Waals surface area (Å²) < 4.78 is 7.56. The van der Waals surface area contributed by atoms with E-state index >= 15 is 0 Å². The summed E-state index contributed by atoms with van der Waals surface area (Å²) in [7, 11) is 1.72. The van der Waals surface area contributed by atoms with Crippen molar-refractivity contribution in [3.8, 4) is 5.75 Å². The number of piperidine rings is 1. The number of likely N-dealkylation sites (tertiary alicyclic amines) is 1. The summed E-state index contributed by atoms with van der Waals surface area (Å²) in [5, 5.41) is 4.43. The molecule has 1 aliphatic rings. The lowest BCUT2D eigenvalue weighted by Gasteiger charge is -2.32. The zero-order valence-corrected chi connectivity index (χ0v) is 17.2. The lowest BCUT2D eigenvalue weighted by Crippen LogP contribution is -2.45. The molecule has 1 saturated heterocycles. The molecule has 1 N–H and O–H groups in total. The molecule has 2 heterocycles. The van der Waals surface area contributed by atoms with Crippen LogP contribution in [0, 0.1) is 6.92 Å². The van der Waals surface area contributed by atoms with Crippen LogP contribution in [0.15, 0.2) is 54.6 Å². The number of amides is 1. The number of para-hydroxylation sites is 2. The predicted octanol–water partition coefficient (Wildman–Crippen LogP) is 3.74. The number of ether oxygens (including phenoxy) is 1. The molecule has 4 rings (SSSR count). The van der Waals surface area contributed by atoms with E-state index in [4.69, 9.17) is 4.74 Å². The third-order valence-electron chi connectivity index (χ3n) is 5.86. The van der Waals surface area contributed by atoms with E-state index in [2.05, 4.69) is 52.0 Å². The molecule has 0 saturated carbocycles. The zero-order valence-electron chi connectivity index (χ0n) is 17.2. The van der Waals surface area contributed by atoms with E-state index in [9.17, 15) is 4.79 Å². The molecule has 1 amide bonds. The van der Waals surface area contributed by atoms with Crippen molar-refractivity contribution in [3.05, 3.63) is 65.9 Å². The third kappa shape index (κ3) is 4.46. The number of benzene rings is 2. The van der Waals surface area contributed by atoms with E-state index in [1.54, 1.807) is 7.11 Å². The molecular formula is C24H29N3O2. The van der Waals surface area contributed by atoms with Crippen LogP contribution in [0.3, 0.4) is 0 Å². The van der Waals surface area contributed by atoms with E-state index in [0.717, 1.165) is 49.4 Å². The van der Waals surface area contributed by atoms with Gasteiger partial charge in [0.1, 0.15) is 12.3 Å². The van der Waals surface area contributed by atoms with Gasteiger partial charge in [0.2, 0.25) is 5.91 Å². The van der Waals surface area contributed by atoms with Gasteiger partial charge in [0, 0.05) is 42.5 Å². The fraction of sp³-hybridized carbons (Fsp3) is 0.375. The maximum atomic E-state index is 12.7. The van der Waals surface area contributed by atoms with Crippen molar-refractivity contribution in [2.24, 2.45) is 0 Å². The number of carbonyl (C=O) groups excluding carboxylic acids is 1. The monoisotopic (exact) mass is 391 g/mol. The van der Waals surface area contributed by atoms with Gasteiger partial charge in [0.05, 0.1) is 7.11 Å². The van der Waals surface area contributed by atoms with Crippen molar-refractivity contribution >= 4 is 16.8 Å². The quantitative estimate of drug-likeness (QED) is 0.696. The minimum atomic E-state index is 0.0950. The number of rotatable bonds is 6. The van der Waals surface area contributed by atoms with Crippen LogP contribution in [0.25, 0.3) is 10.9 Å². The SMILES string of the molecule is COc1ccccc1CN1CCC(NC(=O)Cn2c(C)cc3ccccc32)CC1. The van der Waals surface area contributed by atoms with Gasteiger partial charge in [-0.2, -0.15) is 0 Å². The van der Waals surface area contributed by atoms with Crippen LogP contribution in [0.1, 0.15) is 24.1 Å². The first-order valence-electron chi connectivity index (χ1n) is 10.3. The highest BCUT2D eigenvalue weighted by atomic mass is 16.5. The Morgan fingerprint density at radius 3 is 2.62 bits per heavy atom. The largest absolute Gasteiger partial charge is 0.496 e. The van der Waals surface area contributed by atoms with Gasteiger partial charge >= 0.3 is 0 Å². The second kappa shape index (κ2) is 8.70. The van der Waals surface area contributed by atoms with Gasteiger partial charge in [0.15, 0.2) is 0 Å². The molecule has 1 aromatic heterocycles. The van der Waals surface area contributed by atoms with Gasteiger partial charge < -0.3 is 14.6 Å². The Hall–Kier alpha value is -2.79. The molecular weight excluding hydrogens is 362 g/mol. The zero-order chi connectivity index (χ0) is 20.2. The maximum absolute atomic E-state index is 12.7. The van der Waals surface area contributed by atoms with Crippen LogP contribution >= 0.6 is 0 Å². The van der Waals surface area contributed by atoms with Crippen molar-refractivity contribution in [2.45, 2.75) is 38.9 Å². The van der Waals surface area contributed by atoms with Crippen LogP contribution in [0.2, 0.25) is 0 Å². The molecule has 0 atom stereocenters. The minimum Gasteiger partial charge on any atom is -0.496 e. The van der Waals surface area contributed by atoms with Crippen molar-refractivity contribution < 1.29 is 9.53 Å². The van der Waals surface area contributed by atoms with E-state index < -0.39 is 0 Å². The normalized spacial score (nSPS) is 15.5. The number of carbonyl (C=O) groups is 1. The van der Waals surface area contributed by atoms with Crippen LogP contribution in [-0.2, 0) is 17.9 Å². The summed E-state index contributed by atoms with van der Waals surface area (Å²) in [5.41, 5.74) is 3.45. The molecule has 1 fully saturated rings. The van der Waals surface area contributed by atoms with Crippen molar-refractivity contribution in [2.75, 3.05) is 20.2 Å². The summed E-state index contributed by atoms with van der Waals surface area (Å²) in [6.45, 7) is 5.28. The first kappa shape index (κ1) is 19.5. The molecule has 152 valence electrons. The lowest BCUT2D eigenvalue weighted by molar-refractivity contribution is -0.122. The predicted molar refractivity (Wildman–Crippen MR) is 116 cm³/mol. The van der Waals surface area contributed by atoms with Crippen molar-refractivity contribution in [1.82, 2.24) is 14.8 Å². The molecule has 0 bridgehead atoms. The Morgan fingerprint density at radius 1 is 1.10 bits per heavy atom. The number of nitrogens with one attached hydrogen (secondary N) is 1. The summed E-state index contributed by atoms with van der Waals surface area (Å²) >= 11 is 0. The van der Waals surface area contributed by atoms with Gasteiger partial charge in [-0.1, -0.05) is 36.4 Å². The topological polar surface area (TPSA) is 46.5 Å². The first-order valence-corrected chi connectivity index (χ1v) is 10.3. The smallest absolute Gasteiger partial charge is 0.240 e. The lowest BCUT2D eigenvalue weighted by atomic mass is 10.0. The Bertz CT molecular complexity index is 987. The molecule has 0 spiro atoms. The van der Waals surface area contributed by atoms with Crippen molar-refractivity contribution in [3.63, 3.8) is 0 Å². The van der Waals surface area contributed by atoms with Crippen LogP contribution < -0.4 is 10.1 Å². The average Bonchev–Trinajstić information content (AvgIpc) is 3.05. The molecule has 2 aromatic carbocycles. The number of aromatic nitrogens is 1. The molecule has 3 aromatic rings. The van der Waals surface area contributed by atoms with Gasteiger partial charge in [-0.05, 0) is 43.4 Å². The fourth-order valence-electron chi connectivity index (χ4n) is 4.29. The van der Waals surface area contributed by atoms with E-state index in [0.29, 0.717) is 6.54 Å². The first-order chi connectivity index (χ1) is 14.1. The Kier molecular flexibility index (Phi) is 5.86. The summed E-state index contributed by atoms with van der Waals surface area (Å²) in [5.74, 6) is 1.04. The Balaban J connectivity index is 1.30. The molecule has 0 radical (unpaired) electrons. The van der Waals surface area contributed by atoms with Crippen molar-refractivity contribution in [1.29, 1.82) is 0 Å². The highest BCUT2D eigenvalue weighted by Crippen LogP contribution is 2.22. The Morgan fingerprint density at radius 2 is 1.83 bits per heavy atom. The van der Waals surface area contributed by atoms with E-state index in [1.165, 1.54) is 10.9 Å². The van der Waals surface area contributed by atoms with E-state index in [-0.39, 0.29) is 11.9 Å².